The van der Waals surface area contributed by atoms with Crippen LogP contribution >= 0.6 is 0 Å². The van der Waals surface area contributed by atoms with Crippen molar-refractivity contribution >= 4 is 15.9 Å². The van der Waals surface area contributed by atoms with Gasteiger partial charge >= 0.3 is 0 Å². The zero-order valence-electron chi connectivity index (χ0n) is 16.9. The summed E-state index contributed by atoms with van der Waals surface area (Å²) in [5, 5.41) is 2.77. The van der Waals surface area contributed by atoms with Crippen molar-refractivity contribution in [2.75, 3.05) is 6.61 Å². The van der Waals surface area contributed by atoms with Crippen LogP contribution in [0.4, 0.5) is 4.39 Å². The van der Waals surface area contributed by atoms with Crippen LogP contribution in [0.25, 0.3) is 0 Å². The molecule has 2 aromatic rings. The van der Waals surface area contributed by atoms with Gasteiger partial charge in [0.1, 0.15) is 11.6 Å². The predicted molar refractivity (Wildman–Crippen MR) is 112 cm³/mol. The smallest absolute Gasteiger partial charge is 0.258 e. The fourth-order valence-electron chi connectivity index (χ4n) is 3.49. The Kier molecular flexibility index (Phi) is 7.44. The molecule has 0 aromatic heterocycles. The quantitative estimate of drug-likeness (QED) is 0.664. The molecule has 162 valence electrons. The largest absolute Gasteiger partial charge is 0.484 e. The van der Waals surface area contributed by atoms with Crippen LogP contribution in [0.1, 0.15) is 50.6 Å². The van der Waals surface area contributed by atoms with Crippen LogP contribution in [0.3, 0.4) is 0 Å². The molecular weight excluding hydrogens is 407 g/mol. The Morgan fingerprint density at radius 3 is 2.33 bits per heavy atom. The Morgan fingerprint density at radius 1 is 1.07 bits per heavy atom. The van der Waals surface area contributed by atoms with Gasteiger partial charge in [-0.3, -0.25) is 4.79 Å². The first-order chi connectivity index (χ1) is 14.3. The summed E-state index contributed by atoms with van der Waals surface area (Å²) in [7, 11) is -3.57. The molecule has 0 spiro atoms. The first-order valence-corrected chi connectivity index (χ1v) is 11.6. The molecule has 8 heteroatoms. The summed E-state index contributed by atoms with van der Waals surface area (Å²) in [5.41, 5.74) is 0.782. The van der Waals surface area contributed by atoms with Gasteiger partial charge in [-0.15, -0.1) is 0 Å². The van der Waals surface area contributed by atoms with Gasteiger partial charge in [0, 0.05) is 6.04 Å². The summed E-state index contributed by atoms with van der Waals surface area (Å²) in [6, 6.07) is 11.6. The van der Waals surface area contributed by atoms with Gasteiger partial charge in [-0.1, -0.05) is 31.4 Å². The van der Waals surface area contributed by atoms with Gasteiger partial charge in [0.2, 0.25) is 10.0 Å². The van der Waals surface area contributed by atoms with E-state index in [-0.39, 0.29) is 35.3 Å². The summed E-state index contributed by atoms with van der Waals surface area (Å²) >= 11 is 0. The Hall–Kier alpha value is -2.45. The number of hydrogen-bond donors (Lipinski definition) is 2. The van der Waals surface area contributed by atoms with Gasteiger partial charge in [0.05, 0.1) is 10.9 Å². The van der Waals surface area contributed by atoms with Gasteiger partial charge in [0.25, 0.3) is 5.91 Å². The van der Waals surface area contributed by atoms with Crippen molar-refractivity contribution in [1.82, 2.24) is 10.0 Å². The summed E-state index contributed by atoms with van der Waals surface area (Å²) in [6.45, 7) is 1.59. The number of rotatable bonds is 8. The lowest BCUT2D eigenvalue weighted by molar-refractivity contribution is -0.123. The Bertz CT molecular complexity index is 940. The first-order valence-electron chi connectivity index (χ1n) is 10.1. The summed E-state index contributed by atoms with van der Waals surface area (Å²) in [6.07, 6.45) is 4.97. The van der Waals surface area contributed by atoms with Crippen molar-refractivity contribution in [2.45, 2.75) is 56.0 Å². The number of halogens is 1. The topological polar surface area (TPSA) is 84.5 Å². The van der Waals surface area contributed by atoms with E-state index in [1.807, 2.05) is 0 Å². The number of amides is 1. The van der Waals surface area contributed by atoms with Crippen molar-refractivity contribution in [3.63, 3.8) is 0 Å². The molecule has 1 aliphatic rings. The maximum Gasteiger partial charge on any atom is 0.258 e. The molecule has 1 atom stereocenters. The minimum atomic E-state index is -3.57. The van der Waals surface area contributed by atoms with Crippen LogP contribution in [-0.2, 0) is 14.8 Å². The van der Waals surface area contributed by atoms with Crippen LogP contribution in [0.5, 0.6) is 5.75 Å². The van der Waals surface area contributed by atoms with Crippen LogP contribution < -0.4 is 14.8 Å². The van der Waals surface area contributed by atoms with Crippen LogP contribution in [-0.4, -0.2) is 27.0 Å². The highest BCUT2D eigenvalue weighted by Gasteiger charge is 2.21. The Balaban J connectivity index is 1.50. The second-order valence-electron chi connectivity index (χ2n) is 7.56. The monoisotopic (exact) mass is 434 g/mol. The van der Waals surface area contributed by atoms with Gasteiger partial charge in [-0.05, 0) is 61.7 Å². The van der Waals surface area contributed by atoms with Gasteiger partial charge in [-0.2, -0.15) is 0 Å². The number of carbonyl (C=O) groups is 1. The zero-order chi connectivity index (χ0) is 21.6. The SMILES string of the molecule is CC(NC(=O)COc1ccc(S(=O)(=O)NC2CCCCC2)cc1)c1ccc(F)cc1. The summed E-state index contributed by atoms with van der Waals surface area (Å²) in [4.78, 5) is 12.3. The molecule has 0 radical (unpaired) electrons. The predicted octanol–water partition coefficient (Wildman–Crippen LogP) is 3.69. The molecule has 0 bridgehead atoms. The fourth-order valence-corrected chi connectivity index (χ4v) is 4.79. The standard InChI is InChI=1S/C22H27FN2O4S/c1-16(17-7-9-18(23)10-8-17)24-22(26)15-29-20-11-13-21(14-12-20)30(27,28)25-19-5-3-2-4-6-19/h7-14,16,19,25H,2-6,15H2,1H3,(H,24,26). The minimum absolute atomic E-state index is 0.00790. The summed E-state index contributed by atoms with van der Waals surface area (Å²) < 4.78 is 46.2. The molecule has 2 aromatic carbocycles. The van der Waals surface area contributed by atoms with E-state index in [0.717, 1.165) is 37.7 Å². The second kappa shape index (κ2) is 10.0. The highest BCUT2D eigenvalue weighted by Crippen LogP contribution is 2.21. The van der Waals surface area contributed by atoms with Crippen molar-refractivity contribution in [1.29, 1.82) is 0 Å². The zero-order valence-corrected chi connectivity index (χ0v) is 17.8. The molecule has 1 unspecified atom stereocenters. The third-order valence-electron chi connectivity index (χ3n) is 5.18. The van der Waals surface area contributed by atoms with E-state index in [4.69, 9.17) is 4.74 Å². The summed E-state index contributed by atoms with van der Waals surface area (Å²) in [5.74, 6) is -0.265. The fraction of sp³-hybridized carbons (Fsp3) is 0.409. The lowest BCUT2D eigenvalue weighted by atomic mass is 9.96. The molecular formula is C22H27FN2O4S. The normalized spacial score (nSPS) is 16.1. The van der Waals surface area contributed by atoms with Crippen molar-refractivity contribution in [3.05, 3.63) is 59.9 Å². The highest BCUT2D eigenvalue weighted by molar-refractivity contribution is 7.89. The second-order valence-corrected chi connectivity index (χ2v) is 9.27. The van der Waals surface area contributed by atoms with Gasteiger partial charge < -0.3 is 10.1 Å². The molecule has 1 saturated carbocycles. The lowest BCUT2D eigenvalue weighted by Crippen LogP contribution is -2.36. The first kappa shape index (κ1) is 22.2. The number of carbonyl (C=O) groups excluding carboxylic acids is 1. The average molecular weight is 435 g/mol. The number of hydrogen-bond acceptors (Lipinski definition) is 4. The van der Waals surface area contributed by atoms with Crippen molar-refractivity contribution < 1.29 is 22.3 Å². The van der Waals surface area contributed by atoms with Crippen LogP contribution in [0.15, 0.2) is 53.4 Å². The Labute approximate surface area is 176 Å². The van der Waals surface area contributed by atoms with E-state index >= 15 is 0 Å². The third-order valence-corrected chi connectivity index (χ3v) is 6.71. The van der Waals surface area contributed by atoms with Gasteiger partial charge in [0.15, 0.2) is 6.61 Å². The maximum atomic E-state index is 13.0. The van der Waals surface area contributed by atoms with E-state index in [1.165, 1.54) is 36.4 Å². The number of nitrogens with one attached hydrogen (secondary N) is 2. The Morgan fingerprint density at radius 2 is 1.70 bits per heavy atom. The molecule has 30 heavy (non-hydrogen) atoms. The molecule has 0 heterocycles. The van der Waals surface area contributed by atoms with E-state index in [1.54, 1.807) is 19.1 Å². The molecule has 6 nitrogen and oxygen atoms in total. The molecule has 1 fully saturated rings. The van der Waals surface area contributed by atoms with E-state index in [9.17, 15) is 17.6 Å². The van der Waals surface area contributed by atoms with E-state index in [2.05, 4.69) is 10.0 Å². The average Bonchev–Trinajstić information content (AvgIpc) is 2.73. The molecule has 2 N–H and O–H groups in total. The third kappa shape index (κ3) is 6.27. The molecule has 3 rings (SSSR count). The molecule has 0 saturated heterocycles. The molecule has 1 aliphatic carbocycles. The van der Waals surface area contributed by atoms with Crippen LogP contribution in [0.2, 0.25) is 0 Å². The molecule has 1 amide bonds. The van der Waals surface area contributed by atoms with Crippen LogP contribution in [0, 0.1) is 5.82 Å². The highest BCUT2D eigenvalue weighted by atomic mass is 32.2. The molecule has 0 aliphatic heterocycles. The minimum Gasteiger partial charge on any atom is -0.484 e. The van der Waals surface area contributed by atoms with Crippen molar-refractivity contribution in [3.8, 4) is 5.75 Å². The van der Waals surface area contributed by atoms with E-state index < -0.39 is 10.0 Å². The van der Waals surface area contributed by atoms with Crippen molar-refractivity contribution in [2.24, 2.45) is 0 Å². The van der Waals surface area contributed by atoms with Gasteiger partial charge in [-0.25, -0.2) is 17.5 Å². The van der Waals surface area contributed by atoms with E-state index in [0.29, 0.717) is 5.75 Å². The maximum absolute atomic E-state index is 13.0. The number of ether oxygens (including phenoxy) is 1. The number of sulfonamides is 1. The number of benzene rings is 2. The lowest BCUT2D eigenvalue weighted by Gasteiger charge is -2.22.